The van der Waals surface area contributed by atoms with Crippen LogP contribution >= 0.6 is 0 Å². The Hall–Kier alpha value is -2.75. The van der Waals surface area contributed by atoms with Crippen molar-refractivity contribution in [3.8, 4) is 11.5 Å². The first-order valence-electron chi connectivity index (χ1n) is 6.89. The number of carbonyl (C=O) groups excluding carboxylic acids is 1. The van der Waals surface area contributed by atoms with Crippen molar-refractivity contribution in [2.24, 2.45) is 0 Å². The second-order valence-corrected chi connectivity index (χ2v) is 4.91. The van der Waals surface area contributed by atoms with Gasteiger partial charge in [0.05, 0.1) is 7.11 Å². The molecule has 0 aromatic heterocycles. The molecule has 2 N–H and O–H groups in total. The second-order valence-electron chi connectivity index (χ2n) is 4.91. The van der Waals surface area contributed by atoms with Crippen molar-refractivity contribution in [3.63, 3.8) is 0 Å². The van der Waals surface area contributed by atoms with Crippen molar-refractivity contribution in [2.75, 3.05) is 7.11 Å². The fourth-order valence-electron chi connectivity index (χ4n) is 2.17. The van der Waals surface area contributed by atoms with Crippen molar-refractivity contribution in [1.82, 2.24) is 0 Å². The van der Waals surface area contributed by atoms with Crippen molar-refractivity contribution in [1.29, 1.82) is 0 Å². The summed E-state index contributed by atoms with van der Waals surface area (Å²) < 4.78 is 4.64. The first-order valence-corrected chi connectivity index (χ1v) is 6.89. The summed E-state index contributed by atoms with van der Waals surface area (Å²) in [5.74, 6) is -0.892. The van der Waals surface area contributed by atoms with Crippen LogP contribution in [0.5, 0.6) is 11.5 Å². The van der Waals surface area contributed by atoms with E-state index in [2.05, 4.69) is 4.74 Å². The Labute approximate surface area is 129 Å². The molecule has 2 aromatic rings. The van der Waals surface area contributed by atoms with E-state index < -0.39 is 5.97 Å². The molecule has 0 unspecified atom stereocenters. The van der Waals surface area contributed by atoms with E-state index >= 15 is 0 Å². The normalized spacial score (nSPS) is 10.8. The molecule has 4 heteroatoms. The average Bonchev–Trinajstić information content (AvgIpc) is 2.55. The molecule has 22 heavy (non-hydrogen) atoms. The van der Waals surface area contributed by atoms with E-state index in [4.69, 9.17) is 0 Å². The number of methoxy groups -OCH3 is 1. The van der Waals surface area contributed by atoms with Gasteiger partial charge in [0.1, 0.15) is 17.1 Å². The molecule has 0 saturated carbocycles. The Bertz CT molecular complexity index is 703. The van der Waals surface area contributed by atoms with E-state index in [-0.39, 0.29) is 22.6 Å². The Morgan fingerprint density at radius 3 is 2.50 bits per heavy atom. The predicted octanol–water partition coefficient (Wildman–Crippen LogP) is 3.45. The van der Waals surface area contributed by atoms with Gasteiger partial charge < -0.3 is 14.9 Å². The molecule has 2 rings (SSSR count). The summed E-state index contributed by atoms with van der Waals surface area (Å²) in [6.07, 6.45) is 4.26. The van der Waals surface area contributed by atoms with Crippen LogP contribution in [0.2, 0.25) is 0 Å². The first-order chi connectivity index (χ1) is 10.5. The van der Waals surface area contributed by atoms with Crippen LogP contribution in [0.4, 0.5) is 0 Å². The van der Waals surface area contributed by atoms with Gasteiger partial charge in [-0.2, -0.15) is 0 Å². The van der Waals surface area contributed by atoms with E-state index in [0.29, 0.717) is 12.0 Å². The van der Waals surface area contributed by atoms with Crippen molar-refractivity contribution < 1.29 is 19.7 Å². The lowest BCUT2D eigenvalue weighted by Gasteiger charge is -2.11. The van der Waals surface area contributed by atoms with Gasteiger partial charge in [-0.25, -0.2) is 4.79 Å². The van der Waals surface area contributed by atoms with Crippen LogP contribution in [0, 0.1) is 6.92 Å². The van der Waals surface area contributed by atoms with Gasteiger partial charge in [0.2, 0.25) is 0 Å². The number of esters is 1. The highest BCUT2D eigenvalue weighted by Gasteiger charge is 2.18. The molecule has 0 saturated heterocycles. The van der Waals surface area contributed by atoms with Crippen molar-refractivity contribution in [3.05, 3.63) is 64.7 Å². The van der Waals surface area contributed by atoms with Gasteiger partial charge in [-0.1, -0.05) is 42.5 Å². The van der Waals surface area contributed by atoms with Gasteiger partial charge in [0.15, 0.2) is 0 Å². The van der Waals surface area contributed by atoms with E-state index in [1.807, 2.05) is 42.5 Å². The van der Waals surface area contributed by atoms with Gasteiger partial charge in [-0.05, 0) is 30.5 Å². The minimum absolute atomic E-state index is 0.0112. The fraction of sp³-hybridized carbons (Fsp3) is 0.167. The molecule has 0 atom stereocenters. The monoisotopic (exact) mass is 298 g/mol. The number of phenolic OH excluding ortho intramolecular Hbond substituents is 2. The molecule has 0 bridgehead atoms. The summed E-state index contributed by atoms with van der Waals surface area (Å²) >= 11 is 0. The van der Waals surface area contributed by atoms with Crippen molar-refractivity contribution in [2.45, 2.75) is 13.3 Å². The molecule has 0 aliphatic rings. The largest absolute Gasteiger partial charge is 0.507 e. The molecule has 0 heterocycles. The molecule has 0 amide bonds. The number of phenols is 2. The summed E-state index contributed by atoms with van der Waals surface area (Å²) in [4.78, 5) is 11.7. The van der Waals surface area contributed by atoms with Crippen LogP contribution in [0.1, 0.15) is 27.0 Å². The number of allylic oxidation sites excluding steroid dienone is 1. The van der Waals surface area contributed by atoms with Gasteiger partial charge in [-0.3, -0.25) is 0 Å². The number of hydrogen-bond donors (Lipinski definition) is 2. The van der Waals surface area contributed by atoms with Gasteiger partial charge in [0.25, 0.3) is 0 Å². The van der Waals surface area contributed by atoms with Crippen LogP contribution in [0.25, 0.3) is 6.08 Å². The molecule has 0 radical (unpaired) electrons. The number of carbonyl (C=O) groups is 1. The van der Waals surface area contributed by atoms with Crippen molar-refractivity contribution >= 4 is 12.0 Å². The van der Waals surface area contributed by atoms with E-state index in [9.17, 15) is 15.0 Å². The molecule has 0 aliphatic heterocycles. The second kappa shape index (κ2) is 6.80. The summed E-state index contributed by atoms with van der Waals surface area (Å²) in [5, 5.41) is 20.0. The third kappa shape index (κ3) is 3.28. The predicted molar refractivity (Wildman–Crippen MR) is 85.0 cm³/mol. The van der Waals surface area contributed by atoms with Crippen LogP contribution in [-0.2, 0) is 11.2 Å². The third-order valence-electron chi connectivity index (χ3n) is 3.44. The van der Waals surface area contributed by atoms with Crippen LogP contribution in [-0.4, -0.2) is 23.3 Å². The number of aromatic hydroxyl groups is 2. The summed E-state index contributed by atoms with van der Waals surface area (Å²) in [5.41, 5.74) is 1.93. The molecule has 0 fully saturated rings. The van der Waals surface area contributed by atoms with Crippen LogP contribution in [0.15, 0.2) is 42.5 Å². The molecule has 0 aliphatic carbocycles. The standard InChI is InChI=1S/C18H18O4/c1-12-16(19)14(11-15(17(12)20)18(21)22-2)10-6-9-13-7-4-3-5-8-13/h3-9,11,19-20H,10H2,1-2H3. The first kappa shape index (κ1) is 15.6. The Balaban J connectivity index is 2.29. The van der Waals surface area contributed by atoms with Gasteiger partial charge in [-0.15, -0.1) is 0 Å². The smallest absolute Gasteiger partial charge is 0.341 e. The lowest BCUT2D eigenvalue weighted by molar-refractivity contribution is 0.0597. The SMILES string of the molecule is COC(=O)c1cc(CC=Cc2ccccc2)c(O)c(C)c1O. The summed E-state index contributed by atoms with van der Waals surface area (Å²) in [6, 6.07) is 11.2. The van der Waals surface area contributed by atoms with E-state index in [0.717, 1.165) is 5.56 Å². The van der Waals surface area contributed by atoms with E-state index in [1.54, 1.807) is 6.92 Å². The summed E-state index contributed by atoms with van der Waals surface area (Å²) in [6.45, 7) is 1.56. The van der Waals surface area contributed by atoms with Crippen LogP contribution < -0.4 is 0 Å². The molecule has 0 spiro atoms. The minimum Gasteiger partial charge on any atom is -0.507 e. The molecular formula is C18H18O4. The van der Waals surface area contributed by atoms with E-state index in [1.165, 1.54) is 13.2 Å². The highest BCUT2D eigenvalue weighted by atomic mass is 16.5. The maximum absolute atomic E-state index is 11.7. The average molecular weight is 298 g/mol. The van der Waals surface area contributed by atoms with Crippen LogP contribution in [0.3, 0.4) is 0 Å². The Morgan fingerprint density at radius 2 is 1.86 bits per heavy atom. The quantitative estimate of drug-likeness (QED) is 0.848. The zero-order chi connectivity index (χ0) is 16.1. The fourth-order valence-corrected chi connectivity index (χ4v) is 2.17. The highest BCUT2D eigenvalue weighted by molar-refractivity contribution is 5.93. The van der Waals surface area contributed by atoms with Gasteiger partial charge in [0, 0.05) is 5.56 Å². The third-order valence-corrected chi connectivity index (χ3v) is 3.44. The molecule has 4 nitrogen and oxygen atoms in total. The lowest BCUT2D eigenvalue weighted by atomic mass is 10.0. The lowest BCUT2D eigenvalue weighted by Crippen LogP contribution is -2.04. The topological polar surface area (TPSA) is 66.8 Å². The minimum atomic E-state index is -0.631. The Kier molecular flexibility index (Phi) is 4.84. The Morgan fingerprint density at radius 1 is 1.18 bits per heavy atom. The number of benzene rings is 2. The highest BCUT2D eigenvalue weighted by Crippen LogP contribution is 2.34. The summed E-state index contributed by atoms with van der Waals surface area (Å²) in [7, 11) is 1.25. The number of hydrogen-bond acceptors (Lipinski definition) is 4. The maximum Gasteiger partial charge on any atom is 0.341 e. The van der Waals surface area contributed by atoms with Gasteiger partial charge >= 0.3 is 5.97 Å². The number of ether oxygens (including phenoxy) is 1. The molecular weight excluding hydrogens is 280 g/mol. The molecule has 114 valence electrons. The zero-order valence-corrected chi connectivity index (χ0v) is 12.5. The maximum atomic E-state index is 11.7. The zero-order valence-electron chi connectivity index (χ0n) is 12.5. The number of rotatable bonds is 4. The molecule has 2 aromatic carbocycles.